The molecule has 2 aromatic rings. The van der Waals surface area contributed by atoms with Crippen molar-refractivity contribution in [3.63, 3.8) is 0 Å². The van der Waals surface area contributed by atoms with E-state index < -0.39 is 46.3 Å². The molecule has 0 spiro atoms. The summed E-state index contributed by atoms with van der Waals surface area (Å²) in [7, 11) is 0. The van der Waals surface area contributed by atoms with E-state index in [0.29, 0.717) is 0 Å². The number of rotatable bonds is 4. The SMILES string of the molecule is O=C1N[C@H](c2cccc([N+](=O)[O-])c2)[C@@H](C(=O)c2cccs2)[C@@](O)(C(F)(F)F)N1. The summed E-state index contributed by atoms with van der Waals surface area (Å²) in [6.45, 7) is 0. The number of non-ortho nitro benzene ring substituents is 1. The summed E-state index contributed by atoms with van der Waals surface area (Å²) in [4.78, 5) is 34.9. The molecular formula is C16H12F3N3O5S. The summed E-state index contributed by atoms with van der Waals surface area (Å²) < 4.78 is 41.1. The summed E-state index contributed by atoms with van der Waals surface area (Å²) in [5, 5.41) is 26.4. The molecule has 3 atom stereocenters. The van der Waals surface area contributed by atoms with Gasteiger partial charge in [0.05, 0.1) is 15.8 Å². The highest BCUT2D eigenvalue weighted by Crippen LogP contribution is 2.44. The first-order valence-electron chi connectivity index (χ1n) is 7.74. The van der Waals surface area contributed by atoms with Crippen molar-refractivity contribution in [1.82, 2.24) is 10.6 Å². The number of halogens is 3. The number of carbonyl (C=O) groups excluding carboxylic acids is 2. The fourth-order valence-corrected chi connectivity index (χ4v) is 3.72. The second kappa shape index (κ2) is 6.87. The molecule has 1 fully saturated rings. The Balaban J connectivity index is 2.17. The molecule has 1 aromatic carbocycles. The van der Waals surface area contributed by atoms with Crippen LogP contribution in [0.1, 0.15) is 21.3 Å². The van der Waals surface area contributed by atoms with Crippen molar-refractivity contribution in [3.8, 4) is 0 Å². The minimum absolute atomic E-state index is 0.0685. The van der Waals surface area contributed by atoms with E-state index in [4.69, 9.17) is 0 Å². The quantitative estimate of drug-likeness (QED) is 0.403. The molecule has 1 aliphatic rings. The number of ketones is 1. The van der Waals surface area contributed by atoms with Crippen molar-refractivity contribution in [2.45, 2.75) is 17.9 Å². The Morgan fingerprint density at radius 1 is 1.29 bits per heavy atom. The molecule has 0 aliphatic carbocycles. The molecule has 0 saturated carbocycles. The molecule has 8 nitrogen and oxygen atoms in total. The van der Waals surface area contributed by atoms with Crippen molar-refractivity contribution in [2.24, 2.45) is 5.92 Å². The number of alkyl halides is 3. The molecule has 1 aromatic heterocycles. The van der Waals surface area contributed by atoms with Crippen molar-refractivity contribution in [1.29, 1.82) is 0 Å². The summed E-state index contributed by atoms with van der Waals surface area (Å²) in [6.07, 6.45) is -5.39. The van der Waals surface area contributed by atoms with Crippen LogP contribution in [0, 0.1) is 16.0 Å². The normalized spacial score (nSPS) is 24.9. The van der Waals surface area contributed by atoms with Gasteiger partial charge in [0.1, 0.15) is 5.92 Å². The average Bonchev–Trinajstić information content (AvgIpc) is 3.14. The first-order chi connectivity index (χ1) is 13.0. The predicted molar refractivity (Wildman–Crippen MR) is 90.6 cm³/mol. The number of carbonyl (C=O) groups is 2. The Kier molecular flexibility index (Phi) is 4.85. The third kappa shape index (κ3) is 3.31. The number of nitrogens with zero attached hydrogens (tertiary/aromatic N) is 1. The maximum Gasteiger partial charge on any atom is 0.437 e. The van der Waals surface area contributed by atoms with Crippen molar-refractivity contribution >= 4 is 28.8 Å². The Morgan fingerprint density at radius 2 is 2.00 bits per heavy atom. The standard InChI is InChI=1S/C16H12F3N3O5S/c17-16(18,19)15(25)11(13(23)10-5-2-6-28-10)12(20-14(24)21-15)8-3-1-4-9(7-8)22(26)27/h1-7,11-12,25H,(H2,20,21,24)/t11-,12+,15+/m0/s1. The van der Waals surface area contributed by atoms with E-state index in [2.05, 4.69) is 5.32 Å². The van der Waals surface area contributed by atoms with Crippen LogP contribution < -0.4 is 10.6 Å². The topological polar surface area (TPSA) is 122 Å². The number of nitro benzene ring substituents is 1. The first-order valence-corrected chi connectivity index (χ1v) is 8.62. The second-order valence-electron chi connectivity index (χ2n) is 6.01. The van der Waals surface area contributed by atoms with Crippen molar-refractivity contribution in [3.05, 3.63) is 62.3 Å². The summed E-state index contributed by atoms with van der Waals surface area (Å²) in [5.41, 5.74) is -4.43. The lowest BCUT2D eigenvalue weighted by molar-refractivity contribution is -0.385. The monoisotopic (exact) mass is 415 g/mol. The molecule has 3 rings (SSSR count). The van der Waals surface area contributed by atoms with Crippen LogP contribution in [0.15, 0.2) is 41.8 Å². The Bertz CT molecular complexity index is 934. The smallest absolute Gasteiger partial charge is 0.363 e. The van der Waals surface area contributed by atoms with E-state index in [-0.39, 0.29) is 10.4 Å². The van der Waals surface area contributed by atoms with Gasteiger partial charge in [-0.05, 0) is 17.0 Å². The zero-order valence-electron chi connectivity index (χ0n) is 13.8. The number of thiophene rings is 1. The molecule has 0 radical (unpaired) electrons. The number of nitrogens with one attached hydrogen (secondary N) is 2. The number of hydrogen-bond acceptors (Lipinski definition) is 6. The summed E-state index contributed by atoms with van der Waals surface area (Å²) >= 11 is 0.865. The molecule has 1 saturated heterocycles. The molecule has 12 heteroatoms. The first kappa shape index (κ1) is 19.8. The van der Waals surface area contributed by atoms with Crippen LogP contribution in [-0.4, -0.2) is 33.7 Å². The lowest BCUT2D eigenvalue weighted by Gasteiger charge is -2.44. The zero-order valence-corrected chi connectivity index (χ0v) is 14.6. The largest absolute Gasteiger partial charge is 0.437 e. The Morgan fingerprint density at radius 3 is 2.57 bits per heavy atom. The Hall–Kier alpha value is -2.99. The van der Waals surface area contributed by atoms with Crippen LogP contribution >= 0.6 is 11.3 Å². The summed E-state index contributed by atoms with van der Waals surface area (Å²) in [6, 6.07) is 4.20. The summed E-state index contributed by atoms with van der Waals surface area (Å²) in [5.74, 6) is -3.29. The van der Waals surface area contributed by atoms with Gasteiger partial charge in [-0.2, -0.15) is 13.2 Å². The minimum atomic E-state index is -5.39. The minimum Gasteiger partial charge on any atom is -0.363 e. The average molecular weight is 415 g/mol. The number of amides is 2. The van der Waals surface area contributed by atoms with Crippen LogP contribution in [0.3, 0.4) is 0 Å². The molecule has 0 bridgehead atoms. The predicted octanol–water partition coefficient (Wildman–Crippen LogP) is 2.76. The van der Waals surface area contributed by atoms with Gasteiger partial charge >= 0.3 is 12.2 Å². The van der Waals surface area contributed by atoms with Gasteiger partial charge in [0, 0.05) is 12.1 Å². The molecule has 2 heterocycles. The lowest BCUT2D eigenvalue weighted by Crippen LogP contribution is -2.72. The lowest BCUT2D eigenvalue weighted by atomic mass is 9.78. The van der Waals surface area contributed by atoms with Gasteiger partial charge in [0.2, 0.25) is 5.72 Å². The van der Waals surface area contributed by atoms with Gasteiger partial charge in [-0.25, -0.2) is 4.79 Å². The zero-order chi connectivity index (χ0) is 20.7. The number of aliphatic hydroxyl groups is 1. The molecule has 0 unspecified atom stereocenters. The highest BCUT2D eigenvalue weighted by atomic mass is 32.1. The highest BCUT2D eigenvalue weighted by Gasteiger charge is 2.66. The second-order valence-corrected chi connectivity index (χ2v) is 6.96. The highest BCUT2D eigenvalue weighted by molar-refractivity contribution is 7.12. The Labute approximate surface area is 159 Å². The molecule has 148 valence electrons. The van der Waals surface area contributed by atoms with Gasteiger partial charge in [-0.15, -0.1) is 11.3 Å². The van der Waals surface area contributed by atoms with E-state index in [9.17, 15) is 38.0 Å². The fourth-order valence-electron chi connectivity index (χ4n) is 3.02. The van der Waals surface area contributed by atoms with Crippen molar-refractivity contribution in [2.75, 3.05) is 0 Å². The maximum atomic E-state index is 13.7. The van der Waals surface area contributed by atoms with Crippen LogP contribution in [0.5, 0.6) is 0 Å². The van der Waals surface area contributed by atoms with Crippen LogP contribution in [0.25, 0.3) is 0 Å². The van der Waals surface area contributed by atoms with Gasteiger partial charge in [-0.1, -0.05) is 18.2 Å². The van der Waals surface area contributed by atoms with Crippen LogP contribution in [0.4, 0.5) is 23.7 Å². The van der Waals surface area contributed by atoms with Crippen LogP contribution in [-0.2, 0) is 0 Å². The van der Waals surface area contributed by atoms with Gasteiger partial charge in [0.15, 0.2) is 5.78 Å². The van der Waals surface area contributed by atoms with Gasteiger partial charge < -0.3 is 15.7 Å². The molecule has 1 aliphatic heterocycles. The number of hydrogen-bond donors (Lipinski definition) is 3. The van der Waals surface area contributed by atoms with Gasteiger partial charge in [-0.3, -0.25) is 14.9 Å². The van der Waals surface area contributed by atoms with E-state index >= 15 is 0 Å². The van der Waals surface area contributed by atoms with E-state index in [1.54, 1.807) is 0 Å². The third-order valence-corrected chi connectivity index (χ3v) is 5.18. The van der Waals surface area contributed by atoms with E-state index in [1.807, 2.05) is 0 Å². The van der Waals surface area contributed by atoms with Crippen molar-refractivity contribution < 1.29 is 32.8 Å². The fraction of sp³-hybridized carbons (Fsp3) is 0.250. The number of nitro groups is 1. The molecule has 28 heavy (non-hydrogen) atoms. The molecule has 3 N–H and O–H groups in total. The van der Waals surface area contributed by atoms with E-state index in [0.717, 1.165) is 23.5 Å². The third-order valence-electron chi connectivity index (χ3n) is 4.29. The van der Waals surface area contributed by atoms with Gasteiger partial charge in [0.25, 0.3) is 5.69 Å². The number of Topliss-reactive ketones (excluding diaryl/α,β-unsaturated/α-hetero) is 1. The maximum absolute atomic E-state index is 13.7. The van der Waals surface area contributed by atoms with E-state index in [1.165, 1.54) is 35.0 Å². The number of urea groups is 1. The molecular weight excluding hydrogens is 403 g/mol. The molecule has 2 amide bonds. The van der Waals surface area contributed by atoms with Crippen LogP contribution in [0.2, 0.25) is 0 Å². The number of benzene rings is 1.